The molecule has 2 heterocycles. The van der Waals surface area contributed by atoms with Crippen LogP contribution < -0.4 is 10.6 Å². The molecule has 2 rings (SSSR count). The zero-order chi connectivity index (χ0) is 10.7. The van der Waals surface area contributed by atoms with E-state index in [-0.39, 0.29) is 5.69 Å². The second kappa shape index (κ2) is 4.31. The van der Waals surface area contributed by atoms with Crippen LogP contribution in [0.1, 0.15) is 17.4 Å². The summed E-state index contributed by atoms with van der Waals surface area (Å²) in [6, 6.07) is 0.697. The third-order valence-corrected chi connectivity index (χ3v) is 2.10. The van der Waals surface area contributed by atoms with Crippen LogP contribution in [-0.2, 0) is 4.74 Å². The molecule has 0 aliphatic carbocycles. The molecule has 1 aromatic rings. The molecular formula is C9H13N3O3. The number of nitrogens with zero attached hydrogens (tertiary/aromatic N) is 1. The maximum Gasteiger partial charge on any atom is 0.360 e. The molecule has 0 atom stereocenters. The van der Waals surface area contributed by atoms with E-state index in [1.54, 1.807) is 6.92 Å². The lowest BCUT2D eigenvalue weighted by atomic mass is 10.2. The number of ether oxygens (including phenoxy) is 1. The highest BCUT2D eigenvalue weighted by Gasteiger charge is 2.19. The van der Waals surface area contributed by atoms with E-state index in [4.69, 9.17) is 9.15 Å². The quantitative estimate of drug-likeness (QED) is 0.694. The lowest BCUT2D eigenvalue weighted by molar-refractivity contribution is 0.0519. The summed E-state index contributed by atoms with van der Waals surface area (Å²) in [5.41, 5.74) is 0.201. The summed E-state index contributed by atoms with van der Waals surface area (Å²) in [5, 5.41) is 6.16. The number of esters is 1. The third-order valence-electron chi connectivity index (χ3n) is 2.10. The Balaban J connectivity index is 1.93. The van der Waals surface area contributed by atoms with Gasteiger partial charge in [0, 0.05) is 13.1 Å². The van der Waals surface area contributed by atoms with Gasteiger partial charge in [0.15, 0.2) is 5.69 Å². The largest absolute Gasteiger partial charge is 0.461 e. The van der Waals surface area contributed by atoms with E-state index >= 15 is 0 Å². The highest BCUT2D eigenvalue weighted by molar-refractivity contribution is 5.87. The van der Waals surface area contributed by atoms with Gasteiger partial charge in [-0.1, -0.05) is 0 Å². The van der Waals surface area contributed by atoms with Crippen molar-refractivity contribution in [2.75, 3.05) is 25.0 Å². The van der Waals surface area contributed by atoms with Gasteiger partial charge in [0.1, 0.15) is 6.26 Å². The summed E-state index contributed by atoms with van der Waals surface area (Å²) in [6.45, 7) is 3.85. The maximum atomic E-state index is 11.2. The predicted molar refractivity (Wildman–Crippen MR) is 52.7 cm³/mol. The van der Waals surface area contributed by atoms with Crippen LogP contribution in [0.2, 0.25) is 0 Å². The number of carbonyl (C=O) groups is 1. The molecule has 1 aliphatic rings. The molecule has 2 N–H and O–H groups in total. The van der Waals surface area contributed by atoms with Gasteiger partial charge in [0.25, 0.3) is 6.01 Å². The van der Waals surface area contributed by atoms with Crippen LogP contribution in [-0.4, -0.2) is 36.7 Å². The average molecular weight is 211 g/mol. The second-order valence-corrected chi connectivity index (χ2v) is 3.26. The number of hydrogen-bond donors (Lipinski definition) is 2. The summed E-state index contributed by atoms with van der Waals surface area (Å²) >= 11 is 0. The molecule has 1 saturated heterocycles. The van der Waals surface area contributed by atoms with Crippen LogP contribution >= 0.6 is 0 Å². The van der Waals surface area contributed by atoms with Crippen LogP contribution in [0.3, 0.4) is 0 Å². The van der Waals surface area contributed by atoms with Crippen molar-refractivity contribution >= 4 is 12.0 Å². The number of hydrogen-bond acceptors (Lipinski definition) is 6. The number of carbonyl (C=O) groups excluding carboxylic acids is 1. The first kappa shape index (κ1) is 9.97. The molecule has 0 spiro atoms. The van der Waals surface area contributed by atoms with Crippen molar-refractivity contribution < 1.29 is 13.9 Å². The minimum atomic E-state index is -0.457. The van der Waals surface area contributed by atoms with Crippen molar-refractivity contribution in [3.05, 3.63) is 12.0 Å². The summed E-state index contributed by atoms with van der Waals surface area (Å²) in [5.74, 6) is -0.457. The lowest BCUT2D eigenvalue weighted by Crippen LogP contribution is -2.51. The first-order valence-corrected chi connectivity index (χ1v) is 4.89. The monoisotopic (exact) mass is 211 g/mol. The van der Waals surface area contributed by atoms with Crippen LogP contribution in [0, 0.1) is 0 Å². The summed E-state index contributed by atoms with van der Waals surface area (Å²) < 4.78 is 9.87. The van der Waals surface area contributed by atoms with E-state index in [9.17, 15) is 4.79 Å². The van der Waals surface area contributed by atoms with Crippen molar-refractivity contribution in [3.63, 3.8) is 0 Å². The van der Waals surface area contributed by atoms with E-state index < -0.39 is 5.97 Å². The Hall–Kier alpha value is -1.56. The zero-order valence-corrected chi connectivity index (χ0v) is 8.45. The van der Waals surface area contributed by atoms with Crippen LogP contribution in [0.25, 0.3) is 0 Å². The van der Waals surface area contributed by atoms with Crippen molar-refractivity contribution in [2.45, 2.75) is 13.0 Å². The lowest BCUT2D eigenvalue weighted by Gasteiger charge is -2.26. The Morgan fingerprint density at radius 1 is 1.80 bits per heavy atom. The Bertz CT molecular complexity index is 346. The molecule has 6 heteroatoms. The normalized spacial score (nSPS) is 15.8. The minimum Gasteiger partial charge on any atom is -0.461 e. The molecular weight excluding hydrogens is 198 g/mol. The average Bonchev–Trinajstić information content (AvgIpc) is 2.60. The summed E-state index contributed by atoms with van der Waals surface area (Å²) in [6.07, 6.45) is 1.30. The third kappa shape index (κ3) is 2.27. The van der Waals surface area contributed by atoms with Gasteiger partial charge in [-0.05, 0) is 6.92 Å². The molecule has 1 aliphatic heterocycles. The Morgan fingerprint density at radius 2 is 2.60 bits per heavy atom. The fourth-order valence-corrected chi connectivity index (χ4v) is 1.20. The molecule has 0 unspecified atom stereocenters. The van der Waals surface area contributed by atoms with Gasteiger partial charge in [-0.25, -0.2) is 4.79 Å². The number of rotatable bonds is 4. The number of anilines is 1. The smallest absolute Gasteiger partial charge is 0.360 e. The molecule has 0 amide bonds. The fraction of sp³-hybridized carbons (Fsp3) is 0.556. The number of aromatic nitrogens is 1. The Morgan fingerprint density at radius 3 is 3.20 bits per heavy atom. The van der Waals surface area contributed by atoms with Gasteiger partial charge in [-0.2, -0.15) is 4.98 Å². The summed E-state index contributed by atoms with van der Waals surface area (Å²) in [7, 11) is 0. The van der Waals surface area contributed by atoms with E-state index in [1.807, 2.05) is 0 Å². The zero-order valence-electron chi connectivity index (χ0n) is 8.45. The molecule has 0 aromatic carbocycles. The maximum absolute atomic E-state index is 11.2. The Kier molecular flexibility index (Phi) is 2.86. The number of oxazole rings is 1. The van der Waals surface area contributed by atoms with Crippen LogP contribution in [0.5, 0.6) is 0 Å². The van der Waals surface area contributed by atoms with Crippen molar-refractivity contribution in [1.82, 2.24) is 10.3 Å². The van der Waals surface area contributed by atoms with Gasteiger partial charge in [0.05, 0.1) is 12.6 Å². The number of nitrogens with one attached hydrogen (secondary N) is 2. The highest BCUT2D eigenvalue weighted by atomic mass is 16.5. The first-order chi connectivity index (χ1) is 7.29. The topological polar surface area (TPSA) is 76.4 Å². The van der Waals surface area contributed by atoms with Crippen molar-refractivity contribution in [2.24, 2.45) is 0 Å². The SMILES string of the molecule is CCOC(=O)c1coc(NC2CNC2)n1. The molecule has 0 radical (unpaired) electrons. The van der Waals surface area contributed by atoms with Gasteiger partial charge in [-0.15, -0.1) is 0 Å². The summed E-state index contributed by atoms with van der Waals surface area (Å²) in [4.78, 5) is 15.2. The Labute approximate surface area is 87.0 Å². The van der Waals surface area contributed by atoms with E-state index in [2.05, 4.69) is 15.6 Å². The van der Waals surface area contributed by atoms with Crippen LogP contribution in [0.4, 0.5) is 6.01 Å². The highest BCUT2D eigenvalue weighted by Crippen LogP contribution is 2.11. The molecule has 82 valence electrons. The second-order valence-electron chi connectivity index (χ2n) is 3.26. The molecule has 15 heavy (non-hydrogen) atoms. The van der Waals surface area contributed by atoms with E-state index in [0.717, 1.165) is 13.1 Å². The standard InChI is InChI=1S/C9H13N3O3/c1-2-14-8(13)7-5-15-9(12-7)11-6-3-10-4-6/h5-6,10H,2-4H2,1H3,(H,11,12). The van der Waals surface area contributed by atoms with Gasteiger partial charge < -0.3 is 19.8 Å². The molecule has 0 bridgehead atoms. The van der Waals surface area contributed by atoms with Gasteiger partial charge >= 0.3 is 5.97 Å². The predicted octanol–water partition coefficient (Wildman–Crippen LogP) is 0.235. The molecule has 0 saturated carbocycles. The van der Waals surface area contributed by atoms with Crippen molar-refractivity contribution in [3.8, 4) is 0 Å². The van der Waals surface area contributed by atoms with Gasteiger partial charge in [0.2, 0.25) is 0 Å². The van der Waals surface area contributed by atoms with Crippen LogP contribution in [0.15, 0.2) is 10.7 Å². The molecule has 1 fully saturated rings. The minimum absolute atomic E-state index is 0.201. The molecule has 1 aromatic heterocycles. The molecule has 6 nitrogen and oxygen atoms in total. The van der Waals surface area contributed by atoms with E-state index in [0.29, 0.717) is 18.7 Å². The first-order valence-electron chi connectivity index (χ1n) is 4.89. The van der Waals surface area contributed by atoms with E-state index in [1.165, 1.54) is 6.26 Å². The fourth-order valence-electron chi connectivity index (χ4n) is 1.20. The van der Waals surface area contributed by atoms with Gasteiger partial charge in [-0.3, -0.25) is 0 Å². The van der Waals surface area contributed by atoms with Crippen molar-refractivity contribution in [1.29, 1.82) is 0 Å².